The summed E-state index contributed by atoms with van der Waals surface area (Å²) in [4.78, 5) is 14.3. The largest absolute Gasteiger partial charge is 0.468 e. The van der Waals surface area contributed by atoms with Gasteiger partial charge in [-0.15, -0.1) is 23.7 Å². The molecule has 98 valence electrons. The van der Waals surface area contributed by atoms with Crippen molar-refractivity contribution in [3.63, 3.8) is 0 Å². The average molecular weight is 291 g/mol. The van der Waals surface area contributed by atoms with E-state index in [1.54, 1.807) is 0 Å². The fourth-order valence-electron chi connectivity index (χ4n) is 0.991. The highest BCUT2D eigenvalue weighted by Gasteiger charge is 2.34. The number of alkyl halides is 3. The first kappa shape index (κ1) is 16.1. The molecule has 1 heterocycles. The Morgan fingerprint density at radius 2 is 2.24 bits per heavy atom. The number of thiazole rings is 1. The lowest BCUT2D eigenvalue weighted by molar-refractivity contribution is -0.142. The molecule has 0 radical (unpaired) electrons. The SMILES string of the molecule is COC(=O)[C@@H](N)Cc1csc(C(F)(F)F)n1.Cl. The van der Waals surface area contributed by atoms with Crippen LogP contribution in [0.1, 0.15) is 10.7 Å². The molecule has 0 bridgehead atoms. The predicted octanol–water partition coefficient (Wildman–Crippen LogP) is 1.63. The summed E-state index contributed by atoms with van der Waals surface area (Å²) in [6.45, 7) is 0. The molecule has 0 spiro atoms. The Balaban J connectivity index is 0.00000256. The molecular weight excluding hydrogens is 281 g/mol. The zero-order valence-electron chi connectivity index (χ0n) is 8.65. The number of rotatable bonds is 3. The van der Waals surface area contributed by atoms with E-state index < -0.39 is 23.2 Å². The number of aromatic nitrogens is 1. The van der Waals surface area contributed by atoms with Crippen molar-refractivity contribution < 1.29 is 22.7 Å². The predicted molar refractivity (Wildman–Crippen MR) is 58.1 cm³/mol. The lowest BCUT2D eigenvalue weighted by Gasteiger charge is -2.06. The van der Waals surface area contributed by atoms with Gasteiger partial charge in [-0.2, -0.15) is 13.2 Å². The number of nitrogens with zero attached hydrogens (tertiary/aromatic N) is 1. The number of halogens is 4. The van der Waals surface area contributed by atoms with Crippen molar-refractivity contribution in [3.8, 4) is 0 Å². The van der Waals surface area contributed by atoms with Gasteiger partial charge in [-0.3, -0.25) is 4.79 Å². The van der Waals surface area contributed by atoms with Crippen LogP contribution in [0.4, 0.5) is 13.2 Å². The van der Waals surface area contributed by atoms with Crippen molar-refractivity contribution in [1.82, 2.24) is 4.98 Å². The van der Waals surface area contributed by atoms with Gasteiger partial charge in [-0.25, -0.2) is 4.98 Å². The molecule has 4 nitrogen and oxygen atoms in total. The first-order chi connectivity index (χ1) is 7.34. The second-order valence-corrected chi connectivity index (χ2v) is 3.83. The number of esters is 1. The van der Waals surface area contributed by atoms with Crippen molar-refractivity contribution >= 4 is 29.7 Å². The summed E-state index contributed by atoms with van der Waals surface area (Å²) in [5.41, 5.74) is 5.52. The first-order valence-corrected chi connectivity index (χ1v) is 5.07. The third-order valence-electron chi connectivity index (χ3n) is 1.73. The van der Waals surface area contributed by atoms with Crippen molar-refractivity contribution in [2.75, 3.05) is 7.11 Å². The van der Waals surface area contributed by atoms with Crippen LogP contribution in [0.15, 0.2) is 5.38 Å². The van der Waals surface area contributed by atoms with E-state index in [1.807, 2.05) is 0 Å². The highest BCUT2D eigenvalue weighted by molar-refractivity contribution is 7.09. The van der Waals surface area contributed by atoms with Crippen molar-refractivity contribution in [3.05, 3.63) is 16.1 Å². The molecule has 0 aliphatic heterocycles. The minimum Gasteiger partial charge on any atom is -0.468 e. The summed E-state index contributed by atoms with van der Waals surface area (Å²) < 4.78 is 40.9. The van der Waals surface area contributed by atoms with Crippen molar-refractivity contribution in [2.45, 2.75) is 18.6 Å². The van der Waals surface area contributed by atoms with Crippen LogP contribution in [0, 0.1) is 0 Å². The lowest BCUT2D eigenvalue weighted by Crippen LogP contribution is -2.33. The molecule has 0 fully saturated rings. The molecule has 0 aromatic carbocycles. The highest BCUT2D eigenvalue weighted by atomic mass is 35.5. The number of carbonyl (C=O) groups is 1. The molecule has 0 unspecified atom stereocenters. The van der Waals surface area contributed by atoms with Crippen LogP contribution < -0.4 is 5.73 Å². The maximum atomic E-state index is 12.2. The third-order valence-corrected chi connectivity index (χ3v) is 2.66. The van der Waals surface area contributed by atoms with Crippen LogP contribution in [0.5, 0.6) is 0 Å². The molecular formula is C8H10ClF3N2O2S. The third kappa shape index (κ3) is 4.49. The van der Waals surface area contributed by atoms with E-state index in [9.17, 15) is 18.0 Å². The van der Waals surface area contributed by atoms with Crippen LogP contribution in [-0.4, -0.2) is 24.1 Å². The molecule has 0 saturated carbocycles. The Kier molecular flexibility index (Phi) is 5.86. The monoisotopic (exact) mass is 290 g/mol. The normalized spacial score (nSPS) is 12.8. The molecule has 1 rings (SSSR count). The summed E-state index contributed by atoms with van der Waals surface area (Å²) in [5.74, 6) is -0.679. The van der Waals surface area contributed by atoms with Crippen LogP contribution in [0.25, 0.3) is 0 Å². The summed E-state index contributed by atoms with van der Waals surface area (Å²) >= 11 is 0.474. The Morgan fingerprint density at radius 1 is 1.65 bits per heavy atom. The maximum Gasteiger partial charge on any atom is 0.443 e. The van der Waals surface area contributed by atoms with Crippen molar-refractivity contribution in [1.29, 1.82) is 0 Å². The number of hydrogen-bond donors (Lipinski definition) is 1. The van der Waals surface area contributed by atoms with Gasteiger partial charge in [0.2, 0.25) is 0 Å². The van der Waals surface area contributed by atoms with Gasteiger partial charge in [0.05, 0.1) is 12.8 Å². The van der Waals surface area contributed by atoms with Crippen LogP contribution in [-0.2, 0) is 22.1 Å². The van der Waals surface area contributed by atoms with Crippen LogP contribution >= 0.6 is 23.7 Å². The highest BCUT2D eigenvalue weighted by Crippen LogP contribution is 2.31. The summed E-state index contributed by atoms with van der Waals surface area (Å²) in [7, 11) is 1.16. The summed E-state index contributed by atoms with van der Waals surface area (Å²) in [6.07, 6.45) is -4.53. The fraction of sp³-hybridized carbons (Fsp3) is 0.500. The molecule has 9 heteroatoms. The molecule has 0 aliphatic rings. The molecule has 0 aliphatic carbocycles. The van der Waals surface area contributed by atoms with Gasteiger partial charge in [0, 0.05) is 11.8 Å². The van der Waals surface area contributed by atoms with E-state index in [0.717, 1.165) is 7.11 Å². The van der Waals surface area contributed by atoms with E-state index >= 15 is 0 Å². The van der Waals surface area contributed by atoms with Gasteiger partial charge < -0.3 is 10.5 Å². The molecule has 0 amide bonds. The van der Waals surface area contributed by atoms with Crippen LogP contribution in [0.2, 0.25) is 0 Å². The standard InChI is InChI=1S/C8H9F3N2O2S.ClH/c1-15-6(14)5(12)2-4-3-16-7(13-4)8(9,10)11;/h3,5H,2,12H2,1H3;1H/t5-;/m0./s1. The van der Waals surface area contributed by atoms with E-state index in [-0.39, 0.29) is 24.5 Å². The van der Waals surface area contributed by atoms with Gasteiger partial charge in [0.15, 0.2) is 5.01 Å². The summed E-state index contributed by atoms with van der Waals surface area (Å²) in [5, 5.41) is 0.283. The van der Waals surface area contributed by atoms with Gasteiger partial charge in [-0.05, 0) is 0 Å². The molecule has 1 atom stereocenters. The number of nitrogens with two attached hydrogens (primary N) is 1. The number of carbonyl (C=O) groups excluding carboxylic acids is 1. The molecule has 1 aromatic heterocycles. The van der Waals surface area contributed by atoms with Gasteiger partial charge >= 0.3 is 12.1 Å². The Labute approximate surface area is 105 Å². The topological polar surface area (TPSA) is 65.2 Å². The average Bonchev–Trinajstić information content (AvgIpc) is 2.64. The molecule has 1 aromatic rings. The number of methoxy groups -OCH3 is 1. The van der Waals surface area contributed by atoms with E-state index in [1.165, 1.54) is 5.38 Å². The quantitative estimate of drug-likeness (QED) is 0.859. The second-order valence-electron chi connectivity index (χ2n) is 2.98. The van der Waals surface area contributed by atoms with Gasteiger partial charge in [0.25, 0.3) is 0 Å². The summed E-state index contributed by atoms with van der Waals surface area (Å²) in [6, 6.07) is -0.992. The van der Waals surface area contributed by atoms with E-state index in [0.29, 0.717) is 11.3 Å². The molecule has 2 N–H and O–H groups in total. The molecule has 17 heavy (non-hydrogen) atoms. The fourth-order valence-corrected chi connectivity index (χ4v) is 1.69. The molecule has 0 saturated heterocycles. The van der Waals surface area contributed by atoms with Gasteiger partial charge in [0.1, 0.15) is 6.04 Å². The van der Waals surface area contributed by atoms with Crippen molar-refractivity contribution in [2.24, 2.45) is 5.73 Å². The number of hydrogen-bond acceptors (Lipinski definition) is 5. The Bertz CT molecular complexity index is 383. The maximum absolute atomic E-state index is 12.2. The first-order valence-electron chi connectivity index (χ1n) is 4.19. The minimum absolute atomic E-state index is 0. The van der Waals surface area contributed by atoms with Crippen LogP contribution in [0.3, 0.4) is 0 Å². The smallest absolute Gasteiger partial charge is 0.443 e. The zero-order valence-corrected chi connectivity index (χ0v) is 10.3. The number of ether oxygens (including phenoxy) is 1. The Hall–Kier alpha value is -0.860. The Morgan fingerprint density at radius 3 is 2.65 bits per heavy atom. The zero-order chi connectivity index (χ0) is 12.3. The van der Waals surface area contributed by atoms with Gasteiger partial charge in [-0.1, -0.05) is 0 Å². The minimum atomic E-state index is -4.46. The second kappa shape index (κ2) is 6.18. The van der Waals surface area contributed by atoms with E-state index in [2.05, 4.69) is 9.72 Å². The lowest BCUT2D eigenvalue weighted by atomic mass is 10.2. The van der Waals surface area contributed by atoms with E-state index in [4.69, 9.17) is 5.73 Å².